The lowest BCUT2D eigenvalue weighted by atomic mass is 10.0. The first-order chi connectivity index (χ1) is 6.90. The molecule has 2 rings (SSSR count). The molecule has 3 unspecified atom stereocenters. The van der Waals surface area contributed by atoms with Crippen molar-refractivity contribution in [3.8, 4) is 0 Å². The van der Waals surface area contributed by atoms with Crippen molar-refractivity contribution in [2.24, 2.45) is 0 Å². The Labute approximate surface area is 86.7 Å². The molecule has 0 heterocycles. The minimum Gasteiger partial charge on any atom is -0.380 e. The largest absolute Gasteiger partial charge is 0.380 e. The van der Waals surface area contributed by atoms with Gasteiger partial charge in [-0.2, -0.15) is 0 Å². The van der Waals surface area contributed by atoms with Crippen molar-refractivity contribution < 1.29 is 4.74 Å². The first-order valence-electron chi connectivity index (χ1n) is 5.85. The molecule has 3 atom stereocenters. The summed E-state index contributed by atoms with van der Waals surface area (Å²) in [6.07, 6.45) is 12.8. The van der Waals surface area contributed by atoms with Crippen molar-refractivity contribution in [2.45, 2.75) is 56.7 Å². The second kappa shape index (κ2) is 4.94. The van der Waals surface area contributed by atoms with Gasteiger partial charge in [0.25, 0.3) is 0 Å². The summed E-state index contributed by atoms with van der Waals surface area (Å²) in [5, 5.41) is 3.71. The highest BCUT2D eigenvalue weighted by atomic mass is 16.5. The number of nitrogens with one attached hydrogen (secondary N) is 1. The molecule has 2 nitrogen and oxygen atoms in total. The Hall–Kier alpha value is -0.340. The van der Waals surface area contributed by atoms with Crippen molar-refractivity contribution in [1.29, 1.82) is 0 Å². The van der Waals surface area contributed by atoms with Gasteiger partial charge >= 0.3 is 0 Å². The van der Waals surface area contributed by atoms with Gasteiger partial charge in [0.15, 0.2) is 0 Å². The van der Waals surface area contributed by atoms with Crippen LogP contribution in [-0.4, -0.2) is 25.3 Å². The third kappa shape index (κ3) is 2.37. The Morgan fingerprint density at radius 2 is 2.14 bits per heavy atom. The van der Waals surface area contributed by atoms with Crippen LogP contribution in [-0.2, 0) is 4.74 Å². The third-order valence-electron chi connectivity index (χ3n) is 3.44. The summed E-state index contributed by atoms with van der Waals surface area (Å²) in [5.74, 6) is 0. The molecular weight excluding hydrogens is 174 g/mol. The average molecular weight is 195 g/mol. The van der Waals surface area contributed by atoms with Gasteiger partial charge in [0, 0.05) is 19.2 Å². The fraction of sp³-hybridized carbons (Fsp3) is 0.833. The monoisotopic (exact) mass is 195 g/mol. The zero-order chi connectivity index (χ0) is 9.80. The molecule has 0 radical (unpaired) electrons. The summed E-state index contributed by atoms with van der Waals surface area (Å²) >= 11 is 0. The molecule has 1 saturated carbocycles. The SMILES string of the molecule is COC1CCCC1NC1C=CCCC1. The molecule has 1 N–H and O–H groups in total. The topological polar surface area (TPSA) is 21.3 Å². The minimum absolute atomic E-state index is 0.449. The first-order valence-corrected chi connectivity index (χ1v) is 5.85. The Kier molecular flexibility index (Phi) is 3.60. The van der Waals surface area contributed by atoms with Crippen molar-refractivity contribution in [3.63, 3.8) is 0 Å². The maximum absolute atomic E-state index is 5.48. The van der Waals surface area contributed by atoms with E-state index in [9.17, 15) is 0 Å². The van der Waals surface area contributed by atoms with Crippen LogP contribution in [0.2, 0.25) is 0 Å². The Balaban J connectivity index is 1.83. The molecule has 0 saturated heterocycles. The molecule has 0 aliphatic heterocycles. The molecule has 0 aromatic carbocycles. The summed E-state index contributed by atoms with van der Waals surface area (Å²) in [6, 6.07) is 1.19. The molecule has 0 bridgehead atoms. The molecule has 80 valence electrons. The van der Waals surface area contributed by atoms with Crippen LogP contribution in [0.1, 0.15) is 38.5 Å². The maximum atomic E-state index is 5.48. The third-order valence-corrected chi connectivity index (χ3v) is 3.44. The summed E-state index contributed by atoms with van der Waals surface area (Å²) in [4.78, 5) is 0. The first kappa shape index (κ1) is 10.2. The van der Waals surface area contributed by atoms with E-state index < -0.39 is 0 Å². The molecule has 1 fully saturated rings. The van der Waals surface area contributed by atoms with Crippen LogP contribution >= 0.6 is 0 Å². The second-order valence-electron chi connectivity index (χ2n) is 4.44. The molecular formula is C12H21NO. The predicted molar refractivity (Wildman–Crippen MR) is 58.4 cm³/mol. The second-order valence-corrected chi connectivity index (χ2v) is 4.44. The van der Waals surface area contributed by atoms with Gasteiger partial charge in [-0.05, 0) is 38.5 Å². The van der Waals surface area contributed by atoms with E-state index in [1.165, 1.54) is 38.5 Å². The predicted octanol–water partition coefficient (Wildman–Crippen LogP) is 2.25. The number of hydrogen-bond acceptors (Lipinski definition) is 2. The zero-order valence-corrected chi connectivity index (χ0v) is 9.04. The van der Waals surface area contributed by atoms with Gasteiger partial charge in [0.05, 0.1) is 6.10 Å². The van der Waals surface area contributed by atoms with Crippen molar-refractivity contribution in [2.75, 3.05) is 7.11 Å². The number of rotatable bonds is 3. The van der Waals surface area contributed by atoms with Crippen molar-refractivity contribution >= 4 is 0 Å². The van der Waals surface area contributed by atoms with E-state index in [-0.39, 0.29) is 0 Å². The Morgan fingerprint density at radius 1 is 1.21 bits per heavy atom. The Bertz CT molecular complexity index is 202. The molecule has 2 aliphatic rings. The number of hydrogen-bond donors (Lipinski definition) is 1. The molecule has 2 heteroatoms. The van der Waals surface area contributed by atoms with E-state index >= 15 is 0 Å². The van der Waals surface area contributed by atoms with Crippen LogP contribution in [0.4, 0.5) is 0 Å². The van der Waals surface area contributed by atoms with Gasteiger partial charge in [-0.3, -0.25) is 0 Å². The lowest BCUT2D eigenvalue weighted by Crippen LogP contribution is -2.42. The minimum atomic E-state index is 0.449. The fourth-order valence-corrected chi connectivity index (χ4v) is 2.62. The highest BCUT2D eigenvalue weighted by Gasteiger charge is 2.28. The molecule has 0 spiro atoms. The number of allylic oxidation sites excluding steroid dienone is 1. The van der Waals surface area contributed by atoms with Crippen molar-refractivity contribution in [3.05, 3.63) is 12.2 Å². The lowest BCUT2D eigenvalue weighted by molar-refractivity contribution is 0.0825. The molecule has 14 heavy (non-hydrogen) atoms. The fourth-order valence-electron chi connectivity index (χ4n) is 2.62. The van der Waals surface area contributed by atoms with Gasteiger partial charge in [0.2, 0.25) is 0 Å². The van der Waals surface area contributed by atoms with Gasteiger partial charge in [0.1, 0.15) is 0 Å². The van der Waals surface area contributed by atoms with Gasteiger partial charge in [-0.1, -0.05) is 12.2 Å². The Morgan fingerprint density at radius 3 is 2.86 bits per heavy atom. The lowest BCUT2D eigenvalue weighted by Gasteiger charge is -2.26. The number of ether oxygens (including phenoxy) is 1. The van der Waals surface area contributed by atoms with Gasteiger partial charge in [-0.15, -0.1) is 0 Å². The highest BCUT2D eigenvalue weighted by molar-refractivity contribution is 5.00. The highest BCUT2D eigenvalue weighted by Crippen LogP contribution is 2.23. The van der Waals surface area contributed by atoms with Gasteiger partial charge in [-0.25, -0.2) is 0 Å². The summed E-state index contributed by atoms with van der Waals surface area (Å²) in [5.41, 5.74) is 0. The summed E-state index contributed by atoms with van der Waals surface area (Å²) in [7, 11) is 1.83. The van der Waals surface area contributed by atoms with Crippen LogP contribution in [0, 0.1) is 0 Å². The van der Waals surface area contributed by atoms with E-state index in [1.54, 1.807) is 0 Å². The molecule has 2 aliphatic carbocycles. The zero-order valence-electron chi connectivity index (χ0n) is 9.04. The molecule has 0 aromatic heterocycles. The normalized spacial score (nSPS) is 37.6. The van der Waals surface area contributed by atoms with Crippen LogP contribution < -0.4 is 5.32 Å². The van der Waals surface area contributed by atoms with Crippen LogP contribution in [0.15, 0.2) is 12.2 Å². The van der Waals surface area contributed by atoms with E-state index in [1.807, 2.05) is 7.11 Å². The number of methoxy groups -OCH3 is 1. The van der Waals surface area contributed by atoms with Crippen molar-refractivity contribution in [1.82, 2.24) is 5.32 Å². The quantitative estimate of drug-likeness (QED) is 0.697. The maximum Gasteiger partial charge on any atom is 0.0724 e. The van der Waals surface area contributed by atoms with E-state index in [4.69, 9.17) is 4.74 Å². The van der Waals surface area contributed by atoms with E-state index in [0.29, 0.717) is 18.2 Å². The summed E-state index contributed by atoms with van der Waals surface area (Å²) < 4.78 is 5.48. The van der Waals surface area contributed by atoms with Crippen LogP contribution in [0.3, 0.4) is 0 Å². The average Bonchev–Trinajstić information content (AvgIpc) is 2.67. The molecule has 0 amide bonds. The summed E-state index contributed by atoms with van der Waals surface area (Å²) in [6.45, 7) is 0. The standard InChI is InChI=1S/C12H21NO/c1-14-12-9-5-8-11(12)13-10-6-3-2-4-7-10/h3,6,10-13H,2,4-5,7-9H2,1H3. The molecule has 0 aromatic rings. The van der Waals surface area contributed by atoms with Crippen LogP contribution in [0.25, 0.3) is 0 Å². The smallest absolute Gasteiger partial charge is 0.0724 e. The van der Waals surface area contributed by atoms with Crippen LogP contribution in [0.5, 0.6) is 0 Å². The van der Waals surface area contributed by atoms with E-state index in [2.05, 4.69) is 17.5 Å². The van der Waals surface area contributed by atoms with Gasteiger partial charge < -0.3 is 10.1 Å². The van der Waals surface area contributed by atoms with E-state index in [0.717, 1.165) is 0 Å².